The number of esters is 6. The number of rotatable bonds is 30. The lowest BCUT2D eigenvalue weighted by atomic mass is 10.2. The third-order valence-electron chi connectivity index (χ3n) is 22.4. The van der Waals surface area contributed by atoms with Crippen LogP contribution in [-0.2, 0) is 206 Å². The second kappa shape index (κ2) is 55.2. The topological polar surface area (TPSA) is 483 Å². The number of ether oxygens (including phenoxy) is 6. The second-order valence-electron chi connectivity index (χ2n) is 32.5. The highest BCUT2D eigenvalue weighted by molar-refractivity contribution is 8.15. The highest BCUT2D eigenvalue weighted by Crippen LogP contribution is 2.34. The van der Waals surface area contributed by atoms with E-state index in [2.05, 4.69) is 34.9 Å². The van der Waals surface area contributed by atoms with Crippen molar-refractivity contribution in [3.8, 4) is 0 Å². The first-order chi connectivity index (χ1) is 68.7. The molecule has 45 nitrogen and oxygen atoms in total. The van der Waals surface area contributed by atoms with Crippen LogP contribution in [-0.4, -0.2) is 217 Å². The molecule has 145 heavy (non-hydrogen) atoms. The summed E-state index contributed by atoms with van der Waals surface area (Å²) in [6.07, 6.45) is 12.2. The van der Waals surface area contributed by atoms with Crippen molar-refractivity contribution in [2.45, 2.75) is 158 Å². The van der Waals surface area contributed by atoms with Crippen LogP contribution < -0.4 is 45.4 Å². The molecule has 10 aromatic heterocycles. The summed E-state index contributed by atoms with van der Waals surface area (Å²) in [7, 11) is 23.0. The number of carbonyl (C=O) groups excluding carboxylic acids is 7. The van der Waals surface area contributed by atoms with Gasteiger partial charge < -0.3 is 46.9 Å². The molecule has 4 aliphatic rings. The van der Waals surface area contributed by atoms with Gasteiger partial charge in [-0.05, 0) is 85.7 Å². The Kier molecular flexibility index (Phi) is 45.1. The van der Waals surface area contributed by atoms with Gasteiger partial charge in [0.2, 0.25) is 0 Å². The Bertz CT molecular complexity index is 7580. The van der Waals surface area contributed by atoms with Gasteiger partial charge in [-0.3, -0.25) is 97.5 Å². The van der Waals surface area contributed by atoms with Crippen molar-refractivity contribution in [3.63, 3.8) is 0 Å². The van der Waals surface area contributed by atoms with Crippen LogP contribution in [0.1, 0.15) is 135 Å². The maximum Gasteiger partial charge on any atom is 0.332 e. The minimum Gasteiger partial charge on any atom is -0.466 e. The van der Waals surface area contributed by atoms with Gasteiger partial charge in [-0.15, -0.1) is 35.3 Å². The lowest BCUT2D eigenvalue weighted by Gasteiger charge is -2.08. The predicted molar refractivity (Wildman–Crippen MR) is 575 cm³/mol. The first-order valence-corrected chi connectivity index (χ1v) is 52.3. The third-order valence-corrected chi connectivity index (χ3v) is 29.4. The Balaban J connectivity index is 0.000000207. The van der Waals surface area contributed by atoms with Crippen molar-refractivity contribution >= 4 is 239 Å². The smallest absolute Gasteiger partial charge is 0.332 e. The molecule has 0 N–H and O–H groups in total. The molecule has 55 heteroatoms. The number of carbonyl (C=O) groups is 7. The monoisotopic (exact) mass is 2190 g/mol. The van der Waals surface area contributed by atoms with Crippen LogP contribution in [0.3, 0.4) is 0 Å². The standard InChI is InChI=1S/C14H19N3O4S.C14H19N3O3S2.C13H18N4O3S.C13H17N3O3S2.C12H16N4O3S.C12H16N4O2S.C12H15N3O3S2/c1-4-21-11(18)6-5-7-22-10-8-9-12(15-10)16(2)14(20)17(3)13(9)19;1-4-20-11(18)6-5-7-22-10-8-9-12(15-10)16(2)14(19)17(3)13(9)21;1-4-20-9(18)6-5-7-17-8-14-11-10(17)12(21)16(3)13(19)15(11)2;1-4-19-10(17)5-6-21-9-7-8-11(14-9)15(2)13(18)16(3)12(8)20;1-4-19-8(17)5-6-16-7-13-10-9(16)11(20)15(3)12(18)14(10)2;1-8(17)5-4-6-16-7-13-10-9(16)11(19)15(3)12(18)14(10)2;1-4-18-9(16)6-20-8-5-7-10(13-8)14(2)12(17)15(3)11(7)19/h2*4-8H2,1-3H3;8H,4-7H2,1-3H3;4-7H2,1-3H3;7H,4-6H2,1-3H3;7H,4-6H2,1-3H3;4-6H2,1-3H3. The molecule has 0 unspecified atom stereocenters. The summed E-state index contributed by atoms with van der Waals surface area (Å²) in [4.78, 5) is 205. The molecule has 0 saturated carbocycles. The number of ketones is 1. The molecule has 786 valence electrons. The van der Waals surface area contributed by atoms with E-state index < -0.39 is 0 Å². The Morgan fingerprint density at radius 3 is 0.876 bits per heavy atom. The molecular formula is C90H120N24O21S10. The van der Waals surface area contributed by atoms with Gasteiger partial charge in [0.05, 0.1) is 103 Å². The molecule has 0 saturated heterocycles. The fourth-order valence-corrected chi connectivity index (χ4v) is 19.8. The molecule has 0 aromatic carbocycles. The number of hydrogen-bond acceptors (Lipinski definition) is 38. The van der Waals surface area contributed by atoms with E-state index in [4.69, 9.17) is 102 Å². The quantitative estimate of drug-likeness (QED) is 0.0175. The number of aromatic nitrogens is 20. The molecule has 4 aliphatic heterocycles. The van der Waals surface area contributed by atoms with Crippen molar-refractivity contribution in [2.75, 3.05) is 62.7 Å². The molecule has 0 radical (unpaired) electrons. The Morgan fingerprint density at radius 2 is 0.545 bits per heavy atom. The van der Waals surface area contributed by atoms with E-state index >= 15 is 0 Å². The molecule has 14 rings (SSSR count). The minimum absolute atomic E-state index is 0.165. The van der Waals surface area contributed by atoms with Gasteiger partial charge in [0.25, 0.3) is 5.56 Å². The van der Waals surface area contributed by atoms with Crippen molar-refractivity contribution in [1.82, 2.24) is 92.6 Å². The maximum absolute atomic E-state index is 12.1. The summed E-state index contributed by atoms with van der Waals surface area (Å²) in [5.74, 6) is 3.50. The number of fused-ring (bicyclic) bond motifs is 7. The van der Waals surface area contributed by atoms with Crippen LogP contribution in [0.15, 0.2) is 77.3 Å². The largest absolute Gasteiger partial charge is 0.466 e. The van der Waals surface area contributed by atoms with E-state index in [9.17, 15) is 71.9 Å². The average Bonchev–Trinajstić information content (AvgIpc) is 1.65. The Hall–Kier alpha value is -11.7. The zero-order chi connectivity index (χ0) is 108. The summed E-state index contributed by atoms with van der Waals surface area (Å²) in [6.45, 7) is 16.3. The minimum atomic E-state index is -0.374. The fourth-order valence-electron chi connectivity index (χ4n) is 14.7. The van der Waals surface area contributed by atoms with Gasteiger partial charge >= 0.3 is 75.6 Å². The van der Waals surface area contributed by atoms with Crippen LogP contribution in [0.4, 0.5) is 23.3 Å². The molecule has 0 fully saturated rings. The molecule has 10 aromatic rings. The first kappa shape index (κ1) is 118. The summed E-state index contributed by atoms with van der Waals surface area (Å²) in [5.41, 5.74) is 5.23. The Morgan fingerprint density at radius 1 is 0.290 bits per heavy atom. The molecule has 0 bridgehead atoms. The predicted octanol–water partition coefficient (Wildman–Crippen LogP) is 9.00. The van der Waals surface area contributed by atoms with E-state index in [-0.39, 0.29) is 99.2 Å². The highest BCUT2D eigenvalue weighted by atomic mass is 32.2. The van der Waals surface area contributed by atoms with Crippen molar-refractivity contribution in [3.05, 3.63) is 153 Å². The van der Waals surface area contributed by atoms with E-state index in [0.717, 1.165) is 76.8 Å². The normalized spacial score (nSPS) is 12.2. The van der Waals surface area contributed by atoms with Crippen molar-refractivity contribution < 1.29 is 62.0 Å². The van der Waals surface area contributed by atoms with E-state index in [0.29, 0.717) is 215 Å². The molecular weight excluding hydrogens is 2070 g/mol. The third kappa shape index (κ3) is 29.6. The number of aliphatic imine (C=N–C) groups is 4. The lowest BCUT2D eigenvalue weighted by molar-refractivity contribution is -0.144. The zero-order valence-corrected chi connectivity index (χ0v) is 92.9. The number of thioether (sulfide) groups is 4. The Labute approximate surface area is 879 Å². The van der Waals surface area contributed by atoms with Gasteiger partial charge in [-0.25, -0.2) is 68.5 Å². The fraction of sp³-hybridized carbons (Fsp3) is 0.533. The number of hydrogen-bond donors (Lipinski definition) is 0. The van der Waals surface area contributed by atoms with Gasteiger partial charge in [0, 0.05) is 192 Å². The van der Waals surface area contributed by atoms with Crippen LogP contribution in [0.25, 0.3) is 33.5 Å². The molecule has 0 aliphatic carbocycles. The number of aryl methyl sites for hydroxylation is 6. The summed E-state index contributed by atoms with van der Waals surface area (Å²) in [5, 5.41) is 3.39. The van der Waals surface area contributed by atoms with Gasteiger partial charge in [-0.2, -0.15) is 0 Å². The van der Waals surface area contributed by atoms with Gasteiger partial charge in [-0.1, -0.05) is 85.1 Å². The van der Waals surface area contributed by atoms with Crippen LogP contribution in [0, 0.1) is 27.8 Å². The SMILES string of the molecule is CC(=O)CCCn1cnc2c1c(=S)n(C)c(=O)n2C.CCOC(=O)CCCSC1=Nc2c(c(=O)n(C)c(=O)n2C)C1.CCOC(=O)CCCSC1=Nc2c(c(=S)n(C)c(=O)n2C)C1.CCOC(=O)CCCn1cnc2c1c(=S)n(C)c(=O)n2C.CCOC(=O)CCSC1=Nc2c(c(=S)n(C)c(=O)n2C)C1.CCOC(=O)CCn1cnc2c1c(=S)n(C)c(=O)n2C.CCOC(=O)CSC1=Nc2c(c(=S)n(C)c(=O)n2C)C1. The van der Waals surface area contributed by atoms with Crippen LogP contribution in [0.2, 0.25) is 0 Å². The average molecular weight is 2190 g/mol. The number of imidazole rings is 3. The van der Waals surface area contributed by atoms with Crippen molar-refractivity contribution in [1.29, 1.82) is 0 Å². The van der Waals surface area contributed by atoms with E-state index in [1.54, 1.807) is 175 Å². The number of nitrogens with zero attached hydrogens (tertiary/aromatic N) is 24. The first-order valence-electron chi connectivity index (χ1n) is 45.9. The molecule has 14 heterocycles. The zero-order valence-electron chi connectivity index (χ0n) is 84.7. The van der Waals surface area contributed by atoms with Crippen molar-refractivity contribution in [2.24, 2.45) is 119 Å². The van der Waals surface area contributed by atoms with Gasteiger partial charge in [0.15, 0.2) is 16.9 Å². The highest BCUT2D eigenvalue weighted by Gasteiger charge is 2.29. The summed E-state index contributed by atoms with van der Waals surface area (Å²) in [6, 6.07) is 0. The lowest BCUT2D eigenvalue weighted by Crippen LogP contribution is -2.38. The molecule has 0 spiro atoms. The second-order valence-corrected chi connectivity index (χ2v) is 39.4. The van der Waals surface area contributed by atoms with E-state index in [1.807, 2.05) is 9.13 Å². The molecule has 0 amide bonds. The van der Waals surface area contributed by atoms with E-state index in [1.165, 1.54) is 102 Å². The summed E-state index contributed by atoms with van der Waals surface area (Å²) < 4.78 is 57.7. The number of Topliss-reactive ketones (excluding diaryl/α,β-unsaturated/α-hetero) is 1. The van der Waals surface area contributed by atoms with Gasteiger partial charge in [0.1, 0.15) is 73.4 Å². The molecule has 0 atom stereocenters. The maximum atomic E-state index is 12.1. The summed E-state index contributed by atoms with van der Waals surface area (Å²) >= 11 is 37.8. The van der Waals surface area contributed by atoms with Crippen LogP contribution >= 0.6 is 120 Å². The van der Waals surface area contributed by atoms with Crippen LogP contribution in [0.5, 0.6) is 0 Å².